The predicted molar refractivity (Wildman–Crippen MR) is 127 cm³/mol. The summed E-state index contributed by atoms with van der Waals surface area (Å²) in [6.07, 6.45) is -0.400. The Morgan fingerprint density at radius 3 is 2.53 bits per heavy atom. The number of carbonyl (C=O) groups is 2. The molecular formula is C25H18F3N3O3S2. The Kier molecular flexibility index (Phi) is 4.67. The molecule has 1 saturated heterocycles. The highest BCUT2D eigenvalue weighted by Gasteiger charge is 2.69. The fourth-order valence-electron chi connectivity index (χ4n) is 7.03. The molecule has 4 aliphatic rings. The molecule has 4 heterocycles. The molecule has 11 heteroatoms. The predicted octanol–water partition coefficient (Wildman–Crippen LogP) is 4.53. The number of benzene rings is 1. The number of rotatable bonds is 2. The number of hydrogen-bond donors (Lipinski definition) is 1. The smallest absolute Gasteiger partial charge is 0.307 e. The van der Waals surface area contributed by atoms with Crippen molar-refractivity contribution in [1.29, 1.82) is 0 Å². The number of thioether (sulfide) groups is 1. The second kappa shape index (κ2) is 7.55. The Balaban J connectivity index is 1.30. The molecule has 2 aliphatic heterocycles. The molecule has 2 amide bonds. The van der Waals surface area contributed by atoms with Crippen molar-refractivity contribution >= 4 is 40.6 Å². The van der Waals surface area contributed by atoms with Crippen LogP contribution < -0.4 is 9.77 Å². The van der Waals surface area contributed by atoms with Crippen LogP contribution in [0.15, 0.2) is 58.6 Å². The zero-order valence-corrected chi connectivity index (χ0v) is 20.1. The number of halogens is 3. The van der Waals surface area contributed by atoms with Crippen molar-refractivity contribution in [2.24, 2.45) is 29.6 Å². The zero-order valence-electron chi connectivity index (χ0n) is 18.4. The van der Waals surface area contributed by atoms with Gasteiger partial charge >= 0.3 is 11.0 Å². The maximum atomic E-state index is 13.7. The number of hydrogen-bond acceptors (Lipinski definition) is 6. The van der Waals surface area contributed by atoms with Gasteiger partial charge in [-0.1, -0.05) is 23.5 Å². The van der Waals surface area contributed by atoms with E-state index in [1.165, 1.54) is 23.5 Å². The van der Waals surface area contributed by atoms with Gasteiger partial charge < -0.3 is 4.98 Å². The number of H-pyrrole nitrogens is 1. The molecule has 2 saturated carbocycles. The molecule has 36 heavy (non-hydrogen) atoms. The van der Waals surface area contributed by atoms with E-state index in [4.69, 9.17) is 0 Å². The average molecular weight is 530 g/mol. The first-order valence-electron chi connectivity index (χ1n) is 11.6. The van der Waals surface area contributed by atoms with E-state index < -0.39 is 35.4 Å². The van der Waals surface area contributed by atoms with Crippen LogP contribution in [0.4, 0.5) is 18.9 Å². The van der Waals surface area contributed by atoms with E-state index in [2.05, 4.69) is 9.97 Å². The van der Waals surface area contributed by atoms with Gasteiger partial charge in [-0.2, -0.15) is 13.2 Å². The van der Waals surface area contributed by atoms with Crippen LogP contribution in [-0.4, -0.2) is 27.0 Å². The number of pyridine rings is 1. The van der Waals surface area contributed by atoms with Gasteiger partial charge in [0.2, 0.25) is 11.8 Å². The summed E-state index contributed by atoms with van der Waals surface area (Å²) in [4.78, 5) is 48.5. The average Bonchev–Trinajstić information content (AvgIpc) is 3.58. The van der Waals surface area contributed by atoms with Gasteiger partial charge in [-0.15, -0.1) is 11.8 Å². The maximum Gasteiger partial charge on any atom is 0.416 e. The van der Waals surface area contributed by atoms with E-state index in [9.17, 15) is 27.6 Å². The van der Waals surface area contributed by atoms with E-state index >= 15 is 0 Å². The molecule has 0 unspecified atom stereocenters. The number of alkyl halides is 3. The van der Waals surface area contributed by atoms with Crippen LogP contribution in [0.25, 0.3) is 0 Å². The second-order valence-corrected chi connectivity index (χ2v) is 12.0. The Morgan fingerprint density at radius 2 is 1.81 bits per heavy atom. The Labute approximate surface area is 210 Å². The normalized spacial score (nSPS) is 32.5. The van der Waals surface area contributed by atoms with Gasteiger partial charge in [0.15, 0.2) is 0 Å². The first-order chi connectivity index (χ1) is 17.2. The number of imide groups is 1. The third kappa shape index (κ3) is 2.98. The number of amides is 2. The van der Waals surface area contributed by atoms with Gasteiger partial charge in [0.1, 0.15) is 0 Å². The Hall–Kier alpha value is -2.92. The summed E-state index contributed by atoms with van der Waals surface area (Å²) >= 11 is 2.74. The standard InChI is InChI=1S/C25H18F3N3O3S2/c26-25(27,28)11-4-1-5-12(7-11)31-22(32)17-13-8-14(18(17)23(31)33)19-16(13)15(10-3-2-6-29-9-10)20-21(35-19)30-24(34)36-20/h1-7,9,13-19H,8H2,(H,30,34)/t13-,14-,15+,16-,17+,18-,19-/m1/s1. The highest BCUT2D eigenvalue weighted by Crippen LogP contribution is 2.68. The third-order valence-electron chi connectivity index (χ3n) is 8.20. The van der Waals surface area contributed by atoms with Crippen molar-refractivity contribution in [3.8, 4) is 0 Å². The van der Waals surface area contributed by atoms with Gasteiger partial charge in [0.25, 0.3) is 0 Å². The van der Waals surface area contributed by atoms with Crippen LogP contribution in [0, 0.1) is 29.6 Å². The molecule has 1 aromatic carbocycles. The molecule has 7 atom stereocenters. The summed E-state index contributed by atoms with van der Waals surface area (Å²) in [5.41, 5.74) is 0.0336. The minimum absolute atomic E-state index is 0.0115. The summed E-state index contributed by atoms with van der Waals surface area (Å²) in [6.45, 7) is 0. The van der Waals surface area contributed by atoms with Crippen molar-refractivity contribution < 1.29 is 22.8 Å². The number of anilines is 1. The van der Waals surface area contributed by atoms with E-state index in [-0.39, 0.29) is 39.5 Å². The highest BCUT2D eigenvalue weighted by atomic mass is 32.2. The summed E-state index contributed by atoms with van der Waals surface area (Å²) in [5.74, 6) is -2.30. The molecule has 1 N–H and O–H groups in total. The minimum atomic E-state index is -4.58. The molecule has 2 bridgehead atoms. The van der Waals surface area contributed by atoms with Crippen LogP contribution in [0.1, 0.15) is 28.3 Å². The number of fused-ring (bicyclic) bond motifs is 9. The molecule has 2 aromatic heterocycles. The first kappa shape index (κ1) is 22.3. The molecule has 3 fully saturated rings. The van der Waals surface area contributed by atoms with Crippen molar-refractivity contribution in [1.82, 2.24) is 9.97 Å². The largest absolute Gasteiger partial charge is 0.416 e. The van der Waals surface area contributed by atoms with Crippen molar-refractivity contribution in [2.75, 3.05) is 4.90 Å². The number of nitrogens with one attached hydrogen (secondary N) is 1. The number of aromatic nitrogens is 2. The summed E-state index contributed by atoms with van der Waals surface area (Å²) in [5, 5.41) is 0.813. The van der Waals surface area contributed by atoms with Gasteiger partial charge in [-0.25, -0.2) is 0 Å². The molecule has 184 valence electrons. The van der Waals surface area contributed by atoms with Crippen LogP contribution in [-0.2, 0) is 15.8 Å². The quantitative estimate of drug-likeness (QED) is 0.494. The summed E-state index contributed by atoms with van der Waals surface area (Å²) in [7, 11) is 0. The lowest BCUT2D eigenvalue weighted by Crippen LogP contribution is -2.42. The maximum absolute atomic E-state index is 13.7. The topological polar surface area (TPSA) is 83.1 Å². The zero-order chi connectivity index (χ0) is 24.9. The highest BCUT2D eigenvalue weighted by molar-refractivity contribution is 8.00. The van der Waals surface area contributed by atoms with Crippen LogP contribution in [0.2, 0.25) is 0 Å². The van der Waals surface area contributed by atoms with Gasteiger partial charge in [0, 0.05) is 28.4 Å². The van der Waals surface area contributed by atoms with Crippen molar-refractivity contribution in [3.63, 3.8) is 0 Å². The van der Waals surface area contributed by atoms with E-state index in [0.29, 0.717) is 6.42 Å². The monoisotopic (exact) mass is 529 g/mol. The minimum Gasteiger partial charge on any atom is -0.307 e. The first-order valence-corrected chi connectivity index (χ1v) is 13.3. The molecule has 3 aromatic rings. The van der Waals surface area contributed by atoms with E-state index in [1.54, 1.807) is 24.2 Å². The molecule has 7 rings (SSSR count). The van der Waals surface area contributed by atoms with E-state index in [1.807, 2.05) is 12.1 Å². The van der Waals surface area contributed by atoms with Crippen LogP contribution in [0.3, 0.4) is 0 Å². The number of aromatic amines is 1. The van der Waals surface area contributed by atoms with Gasteiger partial charge in [-0.3, -0.25) is 24.3 Å². The molecule has 0 radical (unpaired) electrons. The molecular weight excluding hydrogens is 511 g/mol. The molecule has 0 spiro atoms. The number of thiazole rings is 1. The third-order valence-corrected chi connectivity index (χ3v) is 10.8. The molecule has 6 nitrogen and oxygen atoms in total. The Morgan fingerprint density at radius 1 is 1.03 bits per heavy atom. The van der Waals surface area contributed by atoms with E-state index in [0.717, 1.165) is 32.5 Å². The van der Waals surface area contributed by atoms with Gasteiger partial charge in [0.05, 0.1) is 28.1 Å². The lowest BCUT2D eigenvalue weighted by Gasteiger charge is -2.42. The van der Waals surface area contributed by atoms with Crippen molar-refractivity contribution in [3.05, 3.63) is 74.5 Å². The lowest BCUT2D eigenvalue weighted by atomic mass is 9.68. The summed E-state index contributed by atoms with van der Waals surface area (Å²) < 4.78 is 40.0. The fourth-order valence-corrected chi connectivity index (χ4v) is 9.91. The molecule has 2 aliphatic carbocycles. The van der Waals surface area contributed by atoms with Gasteiger partial charge in [-0.05, 0) is 54.0 Å². The SMILES string of the molecule is O=C1[C@@H]2[C@H]3C[C@@H]([C@@H]2C(=O)N1c1cccc(C(F)(F)F)c1)[C@@H]1[C@H](c2cccnc2)c2sc(=O)[nH]c2S[C@H]31. The van der Waals surface area contributed by atoms with Crippen LogP contribution in [0.5, 0.6) is 0 Å². The fraction of sp³-hybridized carbons (Fsp3) is 0.360. The summed E-state index contributed by atoms with van der Waals surface area (Å²) in [6, 6.07) is 8.24. The Bertz CT molecular complexity index is 1470. The number of nitrogens with zero attached hydrogens (tertiary/aromatic N) is 2. The van der Waals surface area contributed by atoms with Crippen LogP contribution >= 0.6 is 23.1 Å². The second-order valence-electron chi connectivity index (χ2n) is 9.81. The number of carbonyl (C=O) groups excluding carboxylic acids is 2. The van der Waals surface area contributed by atoms with Crippen molar-refractivity contribution in [2.45, 2.75) is 28.8 Å². The lowest BCUT2D eigenvalue weighted by molar-refractivity contribution is -0.137.